The molecule has 2 heteroatoms. The lowest BCUT2D eigenvalue weighted by atomic mass is 10.1. The fourth-order valence-electron chi connectivity index (χ4n) is 2.11. The molecule has 0 bridgehead atoms. The van der Waals surface area contributed by atoms with Gasteiger partial charge in [0.05, 0.1) is 0 Å². The minimum Gasteiger partial charge on any atom is -0.301 e. The molecule has 0 aromatic heterocycles. The summed E-state index contributed by atoms with van der Waals surface area (Å²) in [5.74, 6) is 0.935. The van der Waals surface area contributed by atoms with Gasteiger partial charge in [-0.1, -0.05) is 40.5 Å². The first-order chi connectivity index (χ1) is 8.54. The Kier molecular flexibility index (Phi) is 10.8. The van der Waals surface area contributed by atoms with Crippen LogP contribution in [0.3, 0.4) is 0 Å². The number of piperazine rings is 1. The van der Waals surface area contributed by atoms with Crippen molar-refractivity contribution in [2.75, 3.05) is 32.7 Å². The Morgan fingerprint density at radius 3 is 1.61 bits per heavy atom. The summed E-state index contributed by atoms with van der Waals surface area (Å²) < 4.78 is 0. The van der Waals surface area contributed by atoms with Crippen molar-refractivity contribution in [1.29, 1.82) is 0 Å². The summed E-state index contributed by atoms with van der Waals surface area (Å²) in [6.45, 7) is 19.9. The minimum absolute atomic E-state index is 0.730. The van der Waals surface area contributed by atoms with Crippen molar-refractivity contribution in [3.8, 4) is 0 Å². The lowest BCUT2D eigenvalue weighted by Gasteiger charge is -2.36. The first-order valence-corrected chi connectivity index (χ1v) is 8.01. The highest BCUT2D eigenvalue weighted by molar-refractivity contribution is 4.73. The van der Waals surface area contributed by atoms with Crippen LogP contribution in [0.2, 0.25) is 0 Å². The molecular weight excluding hydrogens is 220 g/mol. The Labute approximate surface area is 116 Å². The Balaban J connectivity index is 0.000000411. The topological polar surface area (TPSA) is 6.48 Å². The van der Waals surface area contributed by atoms with Crippen molar-refractivity contribution in [1.82, 2.24) is 9.80 Å². The zero-order valence-corrected chi connectivity index (χ0v) is 13.7. The second-order valence-corrected chi connectivity index (χ2v) is 5.89. The van der Waals surface area contributed by atoms with Gasteiger partial charge in [0.1, 0.15) is 0 Å². The van der Waals surface area contributed by atoms with E-state index in [1.54, 1.807) is 0 Å². The predicted octanol–water partition coefficient (Wildman–Crippen LogP) is 3.86. The molecule has 0 aliphatic carbocycles. The molecule has 0 spiro atoms. The van der Waals surface area contributed by atoms with E-state index in [1.807, 2.05) is 0 Å². The molecule has 1 aliphatic rings. The second-order valence-electron chi connectivity index (χ2n) is 5.89. The Bertz CT molecular complexity index is 168. The van der Waals surface area contributed by atoms with Crippen LogP contribution in [-0.2, 0) is 0 Å². The van der Waals surface area contributed by atoms with Gasteiger partial charge in [-0.3, -0.25) is 4.90 Å². The van der Waals surface area contributed by atoms with Crippen LogP contribution >= 0.6 is 0 Å². The number of hydrogen-bond donors (Lipinski definition) is 0. The van der Waals surface area contributed by atoms with Crippen LogP contribution in [0.25, 0.3) is 0 Å². The quantitative estimate of drug-likeness (QED) is 0.737. The molecule has 0 aromatic carbocycles. The molecule has 1 aliphatic heterocycles. The van der Waals surface area contributed by atoms with E-state index >= 15 is 0 Å². The Morgan fingerprint density at radius 2 is 1.33 bits per heavy atom. The molecule has 1 fully saturated rings. The first kappa shape index (κ1) is 17.9. The minimum atomic E-state index is 0.730. The van der Waals surface area contributed by atoms with Crippen LogP contribution in [0.15, 0.2) is 0 Å². The summed E-state index contributed by atoms with van der Waals surface area (Å²) in [5.41, 5.74) is 0. The lowest BCUT2D eigenvalue weighted by Crippen LogP contribution is -2.48. The molecule has 0 amide bonds. The van der Waals surface area contributed by atoms with E-state index in [4.69, 9.17) is 0 Å². The molecular formula is C16H36N2. The smallest absolute Gasteiger partial charge is 0.0113 e. The van der Waals surface area contributed by atoms with Crippen molar-refractivity contribution < 1.29 is 0 Å². The van der Waals surface area contributed by atoms with Crippen LogP contribution in [0, 0.1) is 5.92 Å². The third-order valence-electron chi connectivity index (χ3n) is 4.07. The van der Waals surface area contributed by atoms with Crippen molar-refractivity contribution in [2.24, 2.45) is 5.92 Å². The molecule has 0 unspecified atom stereocenters. The molecule has 2 nitrogen and oxygen atoms in total. The molecule has 1 saturated heterocycles. The van der Waals surface area contributed by atoms with E-state index in [-0.39, 0.29) is 0 Å². The first-order valence-electron chi connectivity index (χ1n) is 8.01. The molecule has 0 atom stereocenters. The molecule has 1 rings (SSSR count). The number of hydrogen-bond acceptors (Lipinski definition) is 2. The molecule has 1 heterocycles. The molecule has 18 heavy (non-hydrogen) atoms. The number of nitrogens with zero attached hydrogens (tertiary/aromatic N) is 2. The average Bonchev–Trinajstić information content (AvgIpc) is 2.39. The van der Waals surface area contributed by atoms with Crippen molar-refractivity contribution >= 4 is 0 Å². The third kappa shape index (κ3) is 8.10. The standard InChI is InChI=1S/C10H22N2.C6H14/c1-4-5-11-6-8-12(9-7-11)10(2)3;1-4-6(3)5-2/h10H,4-9H2,1-3H3;6H,4-5H2,1-3H3. The maximum atomic E-state index is 2.57. The maximum Gasteiger partial charge on any atom is 0.0113 e. The van der Waals surface area contributed by atoms with E-state index in [0.29, 0.717) is 0 Å². The van der Waals surface area contributed by atoms with Crippen LogP contribution in [0.1, 0.15) is 60.8 Å². The van der Waals surface area contributed by atoms with Crippen LogP contribution in [0.5, 0.6) is 0 Å². The van der Waals surface area contributed by atoms with E-state index < -0.39 is 0 Å². The van der Waals surface area contributed by atoms with Gasteiger partial charge in [0.2, 0.25) is 0 Å². The van der Waals surface area contributed by atoms with Crippen molar-refractivity contribution in [3.63, 3.8) is 0 Å². The van der Waals surface area contributed by atoms with Crippen molar-refractivity contribution in [3.05, 3.63) is 0 Å². The highest BCUT2D eigenvalue weighted by atomic mass is 15.3. The van der Waals surface area contributed by atoms with Crippen LogP contribution in [0.4, 0.5) is 0 Å². The van der Waals surface area contributed by atoms with Gasteiger partial charge in [-0.05, 0) is 32.7 Å². The van der Waals surface area contributed by atoms with Gasteiger partial charge in [-0.25, -0.2) is 0 Å². The Morgan fingerprint density at radius 1 is 0.833 bits per heavy atom. The monoisotopic (exact) mass is 256 g/mol. The van der Waals surface area contributed by atoms with E-state index in [9.17, 15) is 0 Å². The molecule has 0 saturated carbocycles. The van der Waals surface area contributed by atoms with E-state index in [1.165, 1.54) is 52.0 Å². The fourth-order valence-corrected chi connectivity index (χ4v) is 2.11. The van der Waals surface area contributed by atoms with Gasteiger partial charge < -0.3 is 4.90 Å². The third-order valence-corrected chi connectivity index (χ3v) is 4.07. The highest BCUT2D eigenvalue weighted by Crippen LogP contribution is 2.05. The average molecular weight is 256 g/mol. The summed E-state index contributed by atoms with van der Waals surface area (Å²) in [6.07, 6.45) is 3.95. The molecule has 0 N–H and O–H groups in total. The lowest BCUT2D eigenvalue weighted by molar-refractivity contribution is 0.109. The SMILES string of the molecule is CCC(C)CC.CCCN1CCN(C(C)C)CC1. The molecule has 110 valence electrons. The fraction of sp³-hybridized carbons (Fsp3) is 1.00. The van der Waals surface area contributed by atoms with Gasteiger partial charge in [-0.2, -0.15) is 0 Å². The summed E-state index contributed by atoms with van der Waals surface area (Å²) in [6, 6.07) is 0.730. The van der Waals surface area contributed by atoms with Crippen LogP contribution in [-0.4, -0.2) is 48.6 Å². The number of rotatable bonds is 5. The highest BCUT2D eigenvalue weighted by Gasteiger charge is 2.17. The van der Waals surface area contributed by atoms with Gasteiger partial charge in [0, 0.05) is 32.2 Å². The van der Waals surface area contributed by atoms with Gasteiger partial charge >= 0.3 is 0 Å². The summed E-state index contributed by atoms with van der Waals surface area (Å²) >= 11 is 0. The largest absolute Gasteiger partial charge is 0.301 e. The summed E-state index contributed by atoms with van der Waals surface area (Å²) in [7, 11) is 0. The Hall–Kier alpha value is -0.0800. The zero-order valence-electron chi connectivity index (χ0n) is 13.7. The van der Waals surface area contributed by atoms with Crippen molar-refractivity contribution in [2.45, 2.75) is 66.8 Å². The van der Waals surface area contributed by atoms with E-state index in [2.05, 4.69) is 51.3 Å². The molecule has 0 aromatic rings. The predicted molar refractivity (Wildman–Crippen MR) is 83.2 cm³/mol. The normalized spacial score (nSPS) is 18.0. The summed E-state index contributed by atoms with van der Waals surface area (Å²) in [5, 5.41) is 0. The summed E-state index contributed by atoms with van der Waals surface area (Å²) in [4.78, 5) is 5.13. The van der Waals surface area contributed by atoms with Gasteiger partial charge in [0.15, 0.2) is 0 Å². The van der Waals surface area contributed by atoms with Crippen LogP contribution < -0.4 is 0 Å². The van der Waals surface area contributed by atoms with E-state index in [0.717, 1.165) is 12.0 Å². The maximum absolute atomic E-state index is 2.57. The van der Waals surface area contributed by atoms with Gasteiger partial charge in [-0.15, -0.1) is 0 Å². The zero-order chi connectivity index (χ0) is 14.0. The molecule has 0 radical (unpaired) electrons. The van der Waals surface area contributed by atoms with Gasteiger partial charge in [0.25, 0.3) is 0 Å². The second kappa shape index (κ2) is 10.8.